The average molecular weight is 326 g/mol. The van der Waals surface area contributed by atoms with Gasteiger partial charge in [0.1, 0.15) is 11.6 Å². The SMILES string of the molecule is OC1CCC(Nc2ccn3ncc(-c4ccc(F)cc4)c3n2)CC1. The first kappa shape index (κ1) is 15.1. The number of nitrogens with one attached hydrogen (secondary N) is 1. The number of halogens is 1. The Morgan fingerprint density at radius 3 is 2.58 bits per heavy atom. The van der Waals surface area contributed by atoms with Crippen LogP contribution in [0.15, 0.2) is 42.7 Å². The van der Waals surface area contributed by atoms with Gasteiger partial charge in [0, 0.05) is 17.8 Å². The second-order valence-electron chi connectivity index (χ2n) is 6.30. The third kappa shape index (κ3) is 2.97. The number of hydrogen-bond donors (Lipinski definition) is 2. The van der Waals surface area contributed by atoms with Gasteiger partial charge >= 0.3 is 0 Å². The molecule has 124 valence electrons. The molecule has 0 bridgehead atoms. The number of fused-ring (bicyclic) bond motifs is 1. The number of benzene rings is 1. The molecule has 1 fully saturated rings. The van der Waals surface area contributed by atoms with E-state index in [9.17, 15) is 9.50 Å². The molecule has 0 unspecified atom stereocenters. The Balaban J connectivity index is 1.62. The van der Waals surface area contributed by atoms with Crippen molar-refractivity contribution in [2.75, 3.05) is 5.32 Å². The van der Waals surface area contributed by atoms with E-state index in [1.165, 1.54) is 12.1 Å². The van der Waals surface area contributed by atoms with Crippen molar-refractivity contribution in [2.24, 2.45) is 0 Å². The van der Waals surface area contributed by atoms with Gasteiger partial charge in [-0.15, -0.1) is 0 Å². The maximum Gasteiger partial charge on any atom is 0.165 e. The van der Waals surface area contributed by atoms with Crippen LogP contribution in [0, 0.1) is 5.82 Å². The summed E-state index contributed by atoms with van der Waals surface area (Å²) in [6, 6.07) is 8.58. The maximum absolute atomic E-state index is 13.1. The minimum absolute atomic E-state index is 0.168. The first-order valence-electron chi connectivity index (χ1n) is 8.24. The summed E-state index contributed by atoms with van der Waals surface area (Å²) in [4.78, 5) is 4.68. The molecule has 0 spiro atoms. The number of aliphatic hydroxyl groups is 1. The largest absolute Gasteiger partial charge is 0.393 e. The van der Waals surface area contributed by atoms with Gasteiger partial charge in [-0.1, -0.05) is 12.1 Å². The molecular weight excluding hydrogens is 307 g/mol. The van der Waals surface area contributed by atoms with Gasteiger partial charge in [-0.3, -0.25) is 0 Å². The fourth-order valence-corrected chi connectivity index (χ4v) is 3.21. The quantitative estimate of drug-likeness (QED) is 0.775. The lowest BCUT2D eigenvalue weighted by atomic mass is 9.93. The Hall–Kier alpha value is -2.47. The van der Waals surface area contributed by atoms with Crippen LogP contribution in [0.5, 0.6) is 0 Å². The molecule has 5 nitrogen and oxygen atoms in total. The summed E-state index contributed by atoms with van der Waals surface area (Å²) in [7, 11) is 0. The zero-order valence-corrected chi connectivity index (χ0v) is 13.2. The normalized spacial score (nSPS) is 21.1. The van der Waals surface area contributed by atoms with Crippen molar-refractivity contribution in [3.05, 3.63) is 48.5 Å². The van der Waals surface area contributed by atoms with Crippen LogP contribution in [0.4, 0.5) is 10.2 Å². The zero-order valence-electron chi connectivity index (χ0n) is 13.2. The molecule has 0 saturated heterocycles. The summed E-state index contributed by atoms with van der Waals surface area (Å²) >= 11 is 0. The van der Waals surface area contributed by atoms with Crippen LogP contribution in [0.25, 0.3) is 16.8 Å². The summed E-state index contributed by atoms with van der Waals surface area (Å²) in [5, 5.41) is 17.4. The lowest BCUT2D eigenvalue weighted by Gasteiger charge is -2.26. The highest BCUT2D eigenvalue weighted by Gasteiger charge is 2.19. The van der Waals surface area contributed by atoms with E-state index in [1.54, 1.807) is 22.8 Å². The molecule has 0 aliphatic heterocycles. The highest BCUT2D eigenvalue weighted by molar-refractivity contribution is 5.77. The smallest absolute Gasteiger partial charge is 0.165 e. The highest BCUT2D eigenvalue weighted by atomic mass is 19.1. The first-order valence-corrected chi connectivity index (χ1v) is 8.24. The fourth-order valence-electron chi connectivity index (χ4n) is 3.21. The molecule has 0 amide bonds. The van der Waals surface area contributed by atoms with Crippen molar-refractivity contribution in [2.45, 2.75) is 37.8 Å². The van der Waals surface area contributed by atoms with Crippen LogP contribution in [0.1, 0.15) is 25.7 Å². The van der Waals surface area contributed by atoms with Crippen molar-refractivity contribution >= 4 is 11.5 Å². The van der Waals surface area contributed by atoms with Crippen LogP contribution >= 0.6 is 0 Å². The number of aromatic nitrogens is 3. The van der Waals surface area contributed by atoms with Gasteiger partial charge in [0.25, 0.3) is 0 Å². The molecule has 2 N–H and O–H groups in total. The van der Waals surface area contributed by atoms with E-state index >= 15 is 0 Å². The van der Waals surface area contributed by atoms with Crippen molar-refractivity contribution in [1.29, 1.82) is 0 Å². The van der Waals surface area contributed by atoms with Crippen LogP contribution in [-0.4, -0.2) is 31.9 Å². The molecule has 3 aromatic rings. The third-order valence-electron chi connectivity index (χ3n) is 4.57. The van der Waals surface area contributed by atoms with E-state index in [1.807, 2.05) is 12.3 Å². The molecule has 4 rings (SSSR count). The molecule has 24 heavy (non-hydrogen) atoms. The standard InChI is InChI=1S/C18H19FN4O/c19-13-3-1-12(2-4-13)16-11-20-23-10-9-17(22-18(16)23)21-14-5-7-15(24)8-6-14/h1-4,9-11,14-15,24H,5-8H2,(H,21,22). The Morgan fingerprint density at radius 2 is 1.83 bits per heavy atom. The molecule has 2 aromatic heterocycles. The van der Waals surface area contributed by atoms with Gasteiger partial charge in [0.05, 0.1) is 12.3 Å². The number of aliphatic hydroxyl groups excluding tert-OH is 1. The van der Waals surface area contributed by atoms with Crippen LogP contribution in [-0.2, 0) is 0 Å². The predicted octanol–water partition coefficient (Wildman–Crippen LogP) is 3.25. The minimum atomic E-state index is -0.259. The van der Waals surface area contributed by atoms with Crippen LogP contribution < -0.4 is 5.32 Å². The van der Waals surface area contributed by atoms with Gasteiger partial charge in [-0.2, -0.15) is 5.10 Å². The predicted molar refractivity (Wildman–Crippen MR) is 90.3 cm³/mol. The number of hydrogen-bond acceptors (Lipinski definition) is 4. The van der Waals surface area contributed by atoms with Gasteiger partial charge in [-0.25, -0.2) is 13.9 Å². The Labute approximate surface area is 139 Å². The van der Waals surface area contributed by atoms with Gasteiger partial charge in [-0.05, 0) is 49.4 Å². The molecule has 2 heterocycles. The zero-order chi connectivity index (χ0) is 16.5. The summed E-state index contributed by atoms with van der Waals surface area (Å²) in [6.07, 6.45) is 6.99. The number of nitrogens with zero attached hydrogens (tertiary/aromatic N) is 3. The van der Waals surface area contributed by atoms with E-state index < -0.39 is 0 Å². The van der Waals surface area contributed by atoms with Crippen molar-refractivity contribution in [3.63, 3.8) is 0 Å². The molecule has 1 aliphatic rings. The summed E-state index contributed by atoms with van der Waals surface area (Å²) in [6.45, 7) is 0. The lowest BCUT2D eigenvalue weighted by molar-refractivity contribution is 0.126. The minimum Gasteiger partial charge on any atom is -0.393 e. The van der Waals surface area contributed by atoms with Crippen molar-refractivity contribution in [1.82, 2.24) is 14.6 Å². The van der Waals surface area contributed by atoms with E-state index in [-0.39, 0.29) is 11.9 Å². The van der Waals surface area contributed by atoms with E-state index in [0.717, 1.165) is 48.3 Å². The number of rotatable bonds is 3. The molecule has 1 aromatic carbocycles. The molecule has 0 radical (unpaired) electrons. The number of anilines is 1. The highest BCUT2D eigenvalue weighted by Crippen LogP contribution is 2.26. The Morgan fingerprint density at radius 1 is 1.08 bits per heavy atom. The molecule has 1 saturated carbocycles. The monoisotopic (exact) mass is 326 g/mol. The van der Waals surface area contributed by atoms with Crippen LogP contribution in [0.3, 0.4) is 0 Å². The van der Waals surface area contributed by atoms with Gasteiger partial charge in [0.15, 0.2) is 5.65 Å². The fraction of sp³-hybridized carbons (Fsp3) is 0.333. The Kier molecular flexibility index (Phi) is 3.90. The summed E-state index contributed by atoms with van der Waals surface area (Å²) < 4.78 is 14.8. The van der Waals surface area contributed by atoms with Gasteiger partial charge < -0.3 is 10.4 Å². The maximum atomic E-state index is 13.1. The molecule has 1 aliphatic carbocycles. The van der Waals surface area contributed by atoms with E-state index in [4.69, 9.17) is 0 Å². The molecular formula is C18H19FN4O. The van der Waals surface area contributed by atoms with Crippen LogP contribution in [0.2, 0.25) is 0 Å². The van der Waals surface area contributed by atoms with Crippen molar-refractivity contribution in [3.8, 4) is 11.1 Å². The average Bonchev–Trinajstić information content (AvgIpc) is 3.01. The lowest BCUT2D eigenvalue weighted by Crippen LogP contribution is -2.28. The first-order chi connectivity index (χ1) is 11.7. The summed E-state index contributed by atoms with van der Waals surface area (Å²) in [5.74, 6) is 0.540. The van der Waals surface area contributed by atoms with E-state index in [0.29, 0.717) is 6.04 Å². The van der Waals surface area contributed by atoms with E-state index in [2.05, 4.69) is 15.4 Å². The van der Waals surface area contributed by atoms with Crippen molar-refractivity contribution < 1.29 is 9.50 Å². The van der Waals surface area contributed by atoms with Gasteiger partial charge in [0.2, 0.25) is 0 Å². The second kappa shape index (κ2) is 6.20. The Bertz CT molecular complexity index is 838. The molecule has 6 heteroatoms. The summed E-state index contributed by atoms with van der Waals surface area (Å²) in [5.41, 5.74) is 2.50. The second-order valence-corrected chi connectivity index (χ2v) is 6.30. The topological polar surface area (TPSA) is 62.5 Å². The molecule has 0 atom stereocenters. The third-order valence-corrected chi connectivity index (χ3v) is 4.57.